The van der Waals surface area contributed by atoms with Gasteiger partial charge in [-0.2, -0.15) is 0 Å². The molecule has 1 aliphatic carbocycles. The Balaban J connectivity index is 2.23. The van der Waals surface area contributed by atoms with Crippen LogP contribution >= 0.6 is 0 Å². The quantitative estimate of drug-likeness (QED) is 0.861. The summed E-state index contributed by atoms with van der Waals surface area (Å²) in [6, 6.07) is 6.96. The summed E-state index contributed by atoms with van der Waals surface area (Å²) >= 11 is 0. The highest BCUT2D eigenvalue weighted by Gasteiger charge is 2.21. The first kappa shape index (κ1) is 12.4. The van der Waals surface area contributed by atoms with Crippen molar-refractivity contribution in [3.05, 3.63) is 29.3 Å². The average Bonchev–Trinajstić information content (AvgIpc) is 2.35. The van der Waals surface area contributed by atoms with E-state index in [-0.39, 0.29) is 0 Å². The lowest BCUT2D eigenvalue weighted by atomic mass is 9.87. The fraction of sp³-hybridized carbons (Fsp3) is 0.600. The first-order valence-electron chi connectivity index (χ1n) is 6.64. The van der Waals surface area contributed by atoms with Crippen LogP contribution in [0.1, 0.15) is 43.9 Å². The van der Waals surface area contributed by atoms with Gasteiger partial charge in [0, 0.05) is 6.04 Å². The molecule has 1 aromatic rings. The van der Waals surface area contributed by atoms with E-state index in [4.69, 9.17) is 4.74 Å². The van der Waals surface area contributed by atoms with Gasteiger partial charge < -0.3 is 10.1 Å². The molecule has 2 rings (SSSR count). The Kier molecular flexibility index (Phi) is 4.06. The van der Waals surface area contributed by atoms with Gasteiger partial charge in [0.2, 0.25) is 0 Å². The predicted molar refractivity (Wildman–Crippen MR) is 71.5 cm³/mol. The molecule has 0 heterocycles. The second-order valence-electron chi connectivity index (χ2n) is 5.26. The summed E-state index contributed by atoms with van der Waals surface area (Å²) < 4.78 is 5.93. The summed E-state index contributed by atoms with van der Waals surface area (Å²) in [7, 11) is 2.04. The number of nitrogens with one attached hydrogen (secondary N) is 1. The Morgan fingerprint density at radius 3 is 2.94 bits per heavy atom. The van der Waals surface area contributed by atoms with Crippen LogP contribution in [0.4, 0.5) is 0 Å². The maximum Gasteiger partial charge on any atom is 0.122 e. The highest BCUT2D eigenvalue weighted by Crippen LogP contribution is 2.35. The Labute approximate surface area is 104 Å². The van der Waals surface area contributed by atoms with Gasteiger partial charge in [-0.1, -0.05) is 26.0 Å². The number of rotatable bonds is 4. The molecule has 0 saturated heterocycles. The highest BCUT2D eigenvalue weighted by atomic mass is 16.5. The van der Waals surface area contributed by atoms with Crippen LogP contribution in [0.3, 0.4) is 0 Å². The number of fused-ring (bicyclic) bond motifs is 1. The van der Waals surface area contributed by atoms with E-state index in [9.17, 15) is 0 Å². The molecule has 0 bridgehead atoms. The van der Waals surface area contributed by atoms with Gasteiger partial charge >= 0.3 is 0 Å². The topological polar surface area (TPSA) is 21.3 Å². The second-order valence-corrected chi connectivity index (χ2v) is 5.26. The summed E-state index contributed by atoms with van der Waals surface area (Å²) in [5, 5.41) is 3.40. The molecule has 0 fully saturated rings. The molecular weight excluding hydrogens is 210 g/mol. The molecule has 0 amide bonds. The third-order valence-electron chi connectivity index (χ3n) is 3.38. The van der Waals surface area contributed by atoms with E-state index in [1.54, 1.807) is 0 Å². The van der Waals surface area contributed by atoms with Gasteiger partial charge in [-0.05, 0) is 49.4 Å². The van der Waals surface area contributed by atoms with Gasteiger partial charge in [0.1, 0.15) is 5.75 Å². The van der Waals surface area contributed by atoms with Crippen molar-refractivity contribution in [3.8, 4) is 5.75 Å². The zero-order valence-corrected chi connectivity index (χ0v) is 11.1. The molecule has 0 aromatic heterocycles. The van der Waals surface area contributed by atoms with Crippen molar-refractivity contribution in [2.24, 2.45) is 5.92 Å². The fourth-order valence-corrected chi connectivity index (χ4v) is 2.51. The molecule has 0 aliphatic heterocycles. The Bertz CT molecular complexity index is 373. The van der Waals surface area contributed by atoms with E-state index >= 15 is 0 Å². The van der Waals surface area contributed by atoms with Crippen LogP contribution in [0.15, 0.2) is 18.2 Å². The zero-order valence-electron chi connectivity index (χ0n) is 11.1. The summed E-state index contributed by atoms with van der Waals surface area (Å²) in [6.07, 6.45) is 3.64. The molecule has 1 unspecified atom stereocenters. The lowest BCUT2D eigenvalue weighted by Crippen LogP contribution is -2.22. The molecule has 2 heteroatoms. The number of hydrogen-bond acceptors (Lipinski definition) is 2. The summed E-state index contributed by atoms with van der Waals surface area (Å²) in [4.78, 5) is 0. The van der Waals surface area contributed by atoms with Crippen LogP contribution in [0.5, 0.6) is 5.75 Å². The summed E-state index contributed by atoms with van der Waals surface area (Å²) in [5.74, 6) is 1.67. The van der Waals surface area contributed by atoms with Gasteiger partial charge in [0.05, 0.1) is 6.61 Å². The molecule has 1 N–H and O–H groups in total. The molecule has 0 radical (unpaired) electrons. The fourth-order valence-electron chi connectivity index (χ4n) is 2.51. The standard InChI is InChI=1S/C15H23NO/c1-11(2)10-17-15-9-5-6-12-13(15)7-4-8-14(12)16-3/h5-6,9,11,14,16H,4,7-8,10H2,1-3H3. The first-order valence-corrected chi connectivity index (χ1v) is 6.64. The van der Waals surface area contributed by atoms with Crippen molar-refractivity contribution in [1.29, 1.82) is 0 Å². The Morgan fingerprint density at radius 2 is 2.24 bits per heavy atom. The number of ether oxygens (including phenoxy) is 1. The zero-order chi connectivity index (χ0) is 12.3. The third-order valence-corrected chi connectivity index (χ3v) is 3.38. The predicted octanol–water partition coefficient (Wildman–Crippen LogP) is 3.32. The van der Waals surface area contributed by atoms with Crippen LogP contribution < -0.4 is 10.1 Å². The van der Waals surface area contributed by atoms with Crippen LogP contribution in [0.25, 0.3) is 0 Å². The molecule has 2 nitrogen and oxygen atoms in total. The minimum Gasteiger partial charge on any atom is -0.493 e. The molecule has 17 heavy (non-hydrogen) atoms. The van der Waals surface area contributed by atoms with Gasteiger partial charge in [-0.3, -0.25) is 0 Å². The van der Waals surface area contributed by atoms with Crippen LogP contribution in [0.2, 0.25) is 0 Å². The monoisotopic (exact) mass is 233 g/mol. The number of hydrogen-bond donors (Lipinski definition) is 1. The summed E-state index contributed by atoms with van der Waals surface area (Å²) in [6.45, 7) is 5.18. The molecular formula is C15H23NO. The lowest BCUT2D eigenvalue weighted by molar-refractivity contribution is 0.266. The van der Waals surface area contributed by atoms with E-state index in [0.717, 1.165) is 18.8 Å². The SMILES string of the molecule is CNC1CCCc2c(OCC(C)C)cccc21. The second kappa shape index (κ2) is 5.54. The minimum atomic E-state index is 0.501. The molecule has 0 saturated carbocycles. The maximum absolute atomic E-state index is 5.93. The third kappa shape index (κ3) is 2.81. The lowest BCUT2D eigenvalue weighted by Gasteiger charge is -2.27. The van der Waals surface area contributed by atoms with E-state index in [2.05, 4.69) is 37.4 Å². The van der Waals surface area contributed by atoms with Crippen molar-refractivity contribution in [3.63, 3.8) is 0 Å². The summed E-state index contributed by atoms with van der Waals surface area (Å²) in [5.41, 5.74) is 2.85. The van der Waals surface area contributed by atoms with Crippen molar-refractivity contribution >= 4 is 0 Å². The van der Waals surface area contributed by atoms with Crippen molar-refractivity contribution in [1.82, 2.24) is 5.32 Å². The average molecular weight is 233 g/mol. The first-order chi connectivity index (χ1) is 8.22. The Hall–Kier alpha value is -1.02. The van der Waals surface area contributed by atoms with Gasteiger partial charge in [-0.25, -0.2) is 0 Å². The van der Waals surface area contributed by atoms with E-state index in [0.29, 0.717) is 12.0 Å². The molecule has 94 valence electrons. The van der Waals surface area contributed by atoms with Crippen molar-refractivity contribution in [2.75, 3.05) is 13.7 Å². The van der Waals surface area contributed by atoms with Crippen molar-refractivity contribution < 1.29 is 4.74 Å². The van der Waals surface area contributed by atoms with E-state index < -0.39 is 0 Å². The smallest absolute Gasteiger partial charge is 0.122 e. The van der Waals surface area contributed by atoms with Gasteiger partial charge in [0.25, 0.3) is 0 Å². The van der Waals surface area contributed by atoms with Crippen LogP contribution in [0, 0.1) is 5.92 Å². The molecule has 0 spiro atoms. The Morgan fingerprint density at radius 1 is 1.41 bits per heavy atom. The minimum absolute atomic E-state index is 0.501. The maximum atomic E-state index is 5.93. The largest absolute Gasteiger partial charge is 0.493 e. The van der Waals surface area contributed by atoms with E-state index in [1.165, 1.54) is 24.0 Å². The number of benzene rings is 1. The van der Waals surface area contributed by atoms with E-state index in [1.807, 2.05) is 7.05 Å². The van der Waals surface area contributed by atoms with Crippen LogP contribution in [-0.2, 0) is 6.42 Å². The molecule has 1 aliphatic rings. The molecule has 1 atom stereocenters. The van der Waals surface area contributed by atoms with Gasteiger partial charge in [-0.15, -0.1) is 0 Å². The van der Waals surface area contributed by atoms with Gasteiger partial charge in [0.15, 0.2) is 0 Å². The normalized spacial score (nSPS) is 19.2. The molecule has 1 aromatic carbocycles. The highest BCUT2D eigenvalue weighted by molar-refractivity contribution is 5.43. The van der Waals surface area contributed by atoms with Crippen LogP contribution in [-0.4, -0.2) is 13.7 Å². The van der Waals surface area contributed by atoms with Crippen molar-refractivity contribution in [2.45, 2.75) is 39.2 Å².